The fraction of sp³-hybridized carbons (Fsp3) is 0.389. The molecule has 0 atom stereocenters. The number of hydrogen-bond donors (Lipinski definition) is 1. The zero-order chi connectivity index (χ0) is 17.6. The highest BCUT2D eigenvalue weighted by molar-refractivity contribution is 5.60. The van der Waals surface area contributed by atoms with Crippen molar-refractivity contribution >= 4 is 11.5 Å². The molecule has 132 valence electrons. The van der Waals surface area contributed by atoms with Gasteiger partial charge in [0, 0.05) is 19.7 Å². The first kappa shape index (κ1) is 17.3. The van der Waals surface area contributed by atoms with E-state index in [1.807, 2.05) is 12.1 Å². The molecule has 0 saturated heterocycles. The second-order valence-electron chi connectivity index (χ2n) is 5.88. The van der Waals surface area contributed by atoms with Gasteiger partial charge in [0.1, 0.15) is 11.6 Å². The van der Waals surface area contributed by atoms with Crippen LogP contribution in [0.4, 0.5) is 10.2 Å². The molecule has 25 heavy (non-hydrogen) atoms. The molecule has 0 unspecified atom stereocenters. The molecule has 1 N–H and O–H groups in total. The summed E-state index contributed by atoms with van der Waals surface area (Å²) in [6.07, 6.45) is 2.78. The summed E-state index contributed by atoms with van der Waals surface area (Å²) in [5.41, 5.74) is 0.940. The Morgan fingerprint density at radius 3 is 2.64 bits per heavy atom. The van der Waals surface area contributed by atoms with E-state index < -0.39 is 0 Å². The predicted molar refractivity (Wildman–Crippen MR) is 95.0 cm³/mol. The second kappa shape index (κ2) is 8.02. The fourth-order valence-electron chi connectivity index (χ4n) is 2.71. The first-order valence-electron chi connectivity index (χ1n) is 8.57. The maximum Gasteiger partial charge on any atom is 0.188 e. The summed E-state index contributed by atoms with van der Waals surface area (Å²) in [5, 5.41) is 22.0. The van der Waals surface area contributed by atoms with Crippen molar-refractivity contribution < 1.29 is 9.50 Å². The van der Waals surface area contributed by atoms with Crippen LogP contribution in [0.25, 0.3) is 17.0 Å². The summed E-state index contributed by atoms with van der Waals surface area (Å²) in [7, 11) is 0. The van der Waals surface area contributed by atoms with E-state index in [0.717, 1.165) is 25.2 Å². The maximum atomic E-state index is 14.1. The molecule has 0 spiro atoms. The highest BCUT2D eigenvalue weighted by atomic mass is 19.1. The Morgan fingerprint density at radius 2 is 1.88 bits per heavy atom. The standard InChI is InChI=1S/C18H22FN5O/c1-2-3-11-23(12-6-13-25)17-10-9-16-20-21-18(24(16)22-17)14-7-4-5-8-15(14)19/h4-5,7-10,25H,2-3,6,11-13H2,1H3. The molecule has 3 aromatic rings. The van der Waals surface area contributed by atoms with Crippen molar-refractivity contribution in [3.63, 3.8) is 0 Å². The van der Waals surface area contributed by atoms with E-state index in [4.69, 9.17) is 5.11 Å². The molecule has 7 heteroatoms. The van der Waals surface area contributed by atoms with Gasteiger partial charge in [-0.15, -0.1) is 15.3 Å². The van der Waals surface area contributed by atoms with Crippen LogP contribution in [0.3, 0.4) is 0 Å². The Bertz CT molecular complexity index is 827. The summed E-state index contributed by atoms with van der Waals surface area (Å²) in [5.74, 6) is 0.798. The maximum absolute atomic E-state index is 14.1. The molecule has 1 aromatic carbocycles. The number of hydrogen-bond acceptors (Lipinski definition) is 5. The summed E-state index contributed by atoms with van der Waals surface area (Å²) in [4.78, 5) is 2.13. The molecular weight excluding hydrogens is 321 g/mol. The van der Waals surface area contributed by atoms with E-state index in [1.54, 1.807) is 22.7 Å². The van der Waals surface area contributed by atoms with Crippen molar-refractivity contribution in [1.29, 1.82) is 0 Å². The van der Waals surface area contributed by atoms with Crippen LogP contribution < -0.4 is 4.90 Å². The van der Waals surface area contributed by atoms with E-state index in [2.05, 4.69) is 27.1 Å². The number of halogens is 1. The molecule has 3 rings (SSSR count). The zero-order valence-electron chi connectivity index (χ0n) is 14.3. The molecular formula is C18H22FN5O. The van der Waals surface area contributed by atoms with Crippen LogP contribution in [0.5, 0.6) is 0 Å². The lowest BCUT2D eigenvalue weighted by Gasteiger charge is -2.23. The zero-order valence-corrected chi connectivity index (χ0v) is 14.3. The van der Waals surface area contributed by atoms with Crippen LogP contribution in [-0.2, 0) is 0 Å². The number of nitrogens with zero attached hydrogens (tertiary/aromatic N) is 5. The Balaban J connectivity index is 2.00. The lowest BCUT2D eigenvalue weighted by Crippen LogP contribution is -2.27. The minimum absolute atomic E-state index is 0.137. The van der Waals surface area contributed by atoms with Crippen LogP contribution in [-0.4, -0.2) is 44.6 Å². The minimum atomic E-state index is -0.355. The number of unbranched alkanes of at least 4 members (excludes halogenated alkanes) is 1. The average molecular weight is 343 g/mol. The Hall–Kier alpha value is -2.54. The lowest BCUT2D eigenvalue weighted by atomic mass is 10.2. The number of anilines is 1. The molecule has 6 nitrogen and oxygen atoms in total. The largest absolute Gasteiger partial charge is 0.396 e. The highest BCUT2D eigenvalue weighted by Gasteiger charge is 2.15. The Kier molecular flexibility index (Phi) is 5.55. The molecule has 0 bridgehead atoms. The van der Waals surface area contributed by atoms with E-state index >= 15 is 0 Å². The number of benzene rings is 1. The molecule has 0 fully saturated rings. The van der Waals surface area contributed by atoms with Crippen molar-refractivity contribution in [2.75, 3.05) is 24.6 Å². The van der Waals surface area contributed by atoms with Crippen molar-refractivity contribution in [3.8, 4) is 11.4 Å². The Labute approximate surface area is 145 Å². The van der Waals surface area contributed by atoms with Crippen LogP contribution in [0.1, 0.15) is 26.2 Å². The van der Waals surface area contributed by atoms with E-state index in [0.29, 0.717) is 30.0 Å². The summed E-state index contributed by atoms with van der Waals surface area (Å²) < 4.78 is 15.7. The van der Waals surface area contributed by atoms with Crippen LogP contribution in [0.15, 0.2) is 36.4 Å². The third kappa shape index (κ3) is 3.76. The first-order valence-corrected chi connectivity index (χ1v) is 8.57. The quantitative estimate of drug-likeness (QED) is 0.681. The average Bonchev–Trinajstić information content (AvgIpc) is 3.05. The summed E-state index contributed by atoms with van der Waals surface area (Å²) in [6.45, 7) is 3.84. The normalized spacial score (nSPS) is 11.2. The molecule has 0 aliphatic carbocycles. The van der Waals surface area contributed by atoms with Crippen LogP contribution >= 0.6 is 0 Å². The lowest BCUT2D eigenvalue weighted by molar-refractivity contribution is 0.289. The third-order valence-electron chi connectivity index (χ3n) is 4.06. The number of fused-ring (bicyclic) bond motifs is 1. The van der Waals surface area contributed by atoms with Crippen molar-refractivity contribution in [2.24, 2.45) is 0 Å². The topological polar surface area (TPSA) is 66.5 Å². The van der Waals surface area contributed by atoms with Gasteiger partial charge >= 0.3 is 0 Å². The van der Waals surface area contributed by atoms with Gasteiger partial charge in [-0.05, 0) is 37.1 Å². The molecule has 0 saturated carbocycles. The molecule has 2 heterocycles. The van der Waals surface area contributed by atoms with Gasteiger partial charge in [0.25, 0.3) is 0 Å². The molecule has 0 aliphatic heterocycles. The van der Waals surface area contributed by atoms with E-state index in [-0.39, 0.29) is 12.4 Å². The van der Waals surface area contributed by atoms with Crippen LogP contribution in [0, 0.1) is 5.82 Å². The van der Waals surface area contributed by atoms with Crippen molar-refractivity contribution in [1.82, 2.24) is 19.8 Å². The minimum Gasteiger partial charge on any atom is -0.396 e. The van der Waals surface area contributed by atoms with Gasteiger partial charge < -0.3 is 10.0 Å². The molecule has 0 amide bonds. The Morgan fingerprint density at radius 1 is 1.08 bits per heavy atom. The van der Waals surface area contributed by atoms with Gasteiger partial charge in [0.15, 0.2) is 11.5 Å². The summed E-state index contributed by atoms with van der Waals surface area (Å²) in [6, 6.07) is 10.2. The van der Waals surface area contributed by atoms with E-state index in [1.165, 1.54) is 6.07 Å². The van der Waals surface area contributed by atoms with Gasteiger partial charge in [-0.2, -0.15) is 4.52 Å². The summed E-state index contributed by atoms with van der Waals surface area (Å²) >= 11 is 0. The third-order valence-corrected chi connectivity index (χ3v) is 4.06. The number of aliphatic hydroxyl groups is 1. The van der Waals surface area contributed by atoms with Gasteiger partial charge in [-0.1, -0.05) is 25.5 Å². The van der Waals surface area contributed by atoms with Crippen molar-refractivity contribution in [2.45, 2.75) is 26.2 Å². The second-order valence-corrected chi connectivity index (χ2v) is 5.88. The fourth-order valence-corrected chi connectivity index (χ4v) is 2.71. The SMILES string of the molecule is CCCCN(CCCO)c1ccc2nnc(-c3ccccc3F)n2n1. The van der Waals surface area contributed by atoms with Gasteiger partial charge in [0.05, 0.1) is 5.56 Å². The molecule has 0 aliphatic rings. The molecule has 2 aromatic heterocycles. The van der Waals surface area contributed by atoms with E-state index in [9.17, 15) is 4.39 Å². The van der Waals surface area contributed by atoms with Gasteiger partial charge in [0.2, 0.25) is 0 Å². The number of rotatable bonds is 8. The van der Waals surface area contributed by atoms with Gasteiger partial charge in [-0.3, -0.25) is 0 Å². The molecule has 0 radical (unpaired) electrons. The monoisotopic (exact) mass is 343 g/mol. The highest BCUT2D eigenvalue weighted by Crippen LogP contribution is 2.22. The number of aliphatic hydroxyl groups excluding tert-OH is 1. The first-order chi connectivity index (χ1) is 12.2. The van der Waals surface area contributed by atoms with Crippen LogP contribution in [0.2, 0.25) is 0 Å². The smallest absolute Gasteiger partial charge is 0.188 e. The predicted octanol–water partition coefficient (Wildman–Crippen LogP) is 2.92. The number of aromatic nitrogens is 4. The van der Waals surface area contributed by atoms with Crippen molar-refractivity contribution in [3.05, 3.63) is 42.2 Å². The van der Waals surface area contributed by atoms with Gasteiger partial charge in [-0.25, -0.2) is 4.39 Å².